The molecule has 1 atom stereocenters. The van der Waals surface area contributed by atoms with Crippen LogP contribution in [0.25, 0.3) is 0 Å². The average Bonchev–Trinajstić information content (AvgIpc) is 2.99. The molecule has 10 heteroatoms. The lowest BCUT2D eigenvalue weighted by molar-refractivity contribution is -0.140. The van der Waals surface area contributed by atoms with E-state index in [1.54, 1.807) is 60.7 Å². The number of hydrogen-bond acceptors (Lipinski definition) is 4. The predicted molar refractivity (Wildman–Crippen MR) is 175 cm³/mol. The summed E-state index contributed by atoms with van der Waals surface area (Å²) in [6.45, 7) is 1.73. The highest BCUT2D eigenvalue weighted by atomic mass is 127. The van der Waals surface area contributed by atoms with Crippen LogP contribution in [-0.4, -0.2) is 44.3 Å². The first-order valence-corrected chi connectivity index (χ1v) is 16.3. The molecule has 4 aromatic carbocycles. The Morgan fingerprint density at radius 2 is 1.48 bits per heavy atom. The van der Waals surface area contributed by atoms with E-state index in [0.717, 1.165) is 13.4 Å². The Morgan fingerprint density at radius 3 is 2.10 bits per heavy atom. The van der Waals surface area contributed by atoms with E-state index in [9.17, 15) is 18.0 Å². The second-order valence-corrected chi connectivity index (χ2v) is 13.1. The van der Waals surface area contributed by atoms with Crippen LogP contribution >= 0.6 is 34.2 Å². The monoisotopic (exact) mass is 715 g/mol. The number of amides is 2. The Bertz CT molecular complexity index is 1600. The van der Waals surface area contributed by atoms with E-state index in [1.807, 2.05) is 43.3 Å². The van der Waals surface area contributed by atoms with E-state index in [0.29, 0.717) is 22.8 Å². The maximum absolute atomic E-state index is 14.3. The summed E-state index contributed by atoms with van der Waals surface area (Å²) in [5.74, 6) is -0.858. The molecule has 0 aromatic heterocycles. The number of likely N-dealkylation sites (N-methyl/N-ethyl adjacent to an activating group) is 1. The van der Waals surface area contributed by atoms with Gasteiger partial charge in [-0.25, -0.2) is 8.42 Å². The molecule has 0 fully saturated rings. The lowest BCUT2D eigenvalue weighted by Crippen LogP contribution is -2.53. The molecule has 0 radical (unpaired) electrons. The minimum atomic E-state index is -4.13. The van der Waals surface area contributed by atoms with Gasteiger partial charge in [0.1, 0.15) is 12.6 Å². The highest BCUT2D eigenvalue weighted by Gasteiger charge is 2.34. The number of nitrogens with one attached hydrogen (secondary N) is 1. The van der Waals surface area contributed by atoms with Gasteiger partial charge in [0, 0.05) is 28.1 Å². The lowest BCUT2D eigenvalue weighted by Gasteiger charge is -2.34. The molecule has 0 aliphatic rings. The van der Waals surface area contributed by atoms with Crippen LogP contribution < -0.4 is 9.62 Å². The first kappa shape index (κ1) is 31.5. The van der Waals surface area contributed by atoms with E-state index in [4.69, 9.17) is 11.6 Å². The largest absolute Gasteiger partial charge is 0.355 e. The number of nitrogens with zero attached hydrogens (tertiary/aromatic N) is 2. The highest BCUT2D eigenvalue weighted by Crippen LogP contribution is 2.26. The van der Waals surface area contributed by atoms with Crippen LogP contribution in [0.3, 0.4) is 0 Å². The molecule has 0 heterocycles. The van der Waals surface area contributed by atoms with Gasteiger partial charge >= 0.3 is 0 Å². The Balaban J connectivity index is 1.78. The smallest absolute Gasteiger partial charge is 0.264 e. The van der Waals surface area contributed by atoms with Gasteiger partial charge in [-0.05, 0) is 89.2 Å². The Hall–Kier alpha value is -3.41. The van der Waals surface area contributed by atoms with Crippen molar-refractivity contribution in [3.05, 3.63) is 129 Å². The number of hydrogen-bond donors (Lipinski definition) is 1. The number of carbonyl (C=O) groups is 2. The Labute approximate surface area is 265 Å². The first-order valence-electron chi connectivity index (χ1n) is 13.4. The third kappa shape index (κ3) is 8.11. The van der Waals surface area contributed by atoms with Gasteiger partial charge in [0.05, 0.1) is 10.6 Å². The summed E-state index contributed by atoms with van der Waals surface area (Å²) in [6.07, 6.45) is 0.244. The number of rotatable bonds is 12. The van der Waals surface area contributed by atoms with E-state index in [1.165, 1.54) is 17.0 Å². The van der Waals surface area contributed by atoms with Crippen molar-refractivity contribution >= 4 is 61.7 Å². The van der Waals surface area contributed by atoms with Gasteiger partial charge in [-0.2, -0.15) is 0 Å². The van der Waals surface area contributed by atoms with E-state index >= 15 is 0 Å². The summed E-state index contributed by atoms with van der Waals surface area (Å²) >= 11 is 8.40. The average molecular weight is 716 g/mol. The third-order valence-electron chi connectivity index (χ3n) is 6.59. The molecule has 0 spiro atoms. The van der Waals surface area contributed by atoms with E-state index in [2.05, 4.69) is 27.9 Å². The molecule has 0 aliphatic carbocycles. The zero-order valence-electron chi connectivity index (χ0n) is 23.0. The zero-order chi connectivity index (χ0) is 30.1. The first-order chi connectivity index (χ1) is 20.2. The normalized spacial score (nSPS) is 11.9. The second kappa shape index (κ2) is 14.7. The zero-order valence-corrected chi connectivity index (χ0v) is 26.7. The fraction of sp³-hybridized carbons (Fsp3) is 0.188. The van der Waals surface area contributed by atoms with Crippen molar-refractivity contribution < 1.29 is 18.0 Å². The molecule has 1 N–H and O–H groups in total. The Morgan fingerprint density at radius 1 is 0.857 bits per heavy atom. The molecule has 4 aromatic rings. The van der Waals surface area contributed by atoms with Crippen LogP contribution in [0.4, 0.5) is 5.69 Å². The minimum absolute atomic E-state index is 0.0555. The van der Waals surface area contributed by atoms with Gasteiger partial charge in [-0.3, -0.25) is 13.9 Å². The number of carbonyl (C=O) groups excluding carboxylic acids is 2. The summed E-state index contributed by atoms with van der Waals surface area (Å²) in [5.41, 5.74) is 1.92. The summed E-state index contributed by atoms with van der Waals surface area (Å²) in [7, 11) is -4.13. The second-order valence-electron chi connectivity index (χ2n) is 9.55. The van der Waals surface area contributed by atoms with Crippen LogP contribution in [0.15, 0.2) is 114 Å². The van der Waals surface area contributed by atoms with Crippen LogP contribution in [-0.2, 0) is 32.6 Å². The molecule has 4 rings (SSSR count). The van der Waals surface area contributed by atoms with Crippen LogP contribution in [0.5, 0.6) is 0 Å². The number of benzene rings is 4. The van der Waals surface area contributed by atoms with Gasteiger partial charge < -0.3 is 10.2 Å². The molecular formula is C32H31ClIN3O4S. The SMILES string of the molecule is CCNC(=O)C(Cc1ccccc1)N(Cc1cccc(Cl)c1)C(=O)CN(c1ccc(I)cc1)S(=O)(=O)c1ccccc1. The molecule has 0 saturated heterocycles. The number of anilines is 1. The summed E-state index contributed by atoms with van der Waals surface area (Å²) in [4.78, 5) is 29.3. The van der Waals surface area contributed by atoms with Crippen molar-refractivity contribution in [2.75, 3.05) is 17.4 Å². The fourth-order valence-corrected chi connectivity index (χ4v) is 6.54. The maximum Gasteiger partial charge on any atom is 0.264 e. The summed E-state index contributed by atoms with van der Waals surface area (Å²) in [5, 5.41) is 3.34. The van der Waals surface area contributed by atoms with Crippen molar-refractivity contribution in [2.24, 2.45) is 0 Å². The van der Waals surface area contributed by atoms with Crippen molar-refractivity contribution in [3.8, 4) is 0 Å². The van der Waals surface area contributed by atoms with Crippen LogP contribution in [0, 0.1) is 3.57 Å². The molecule has 2 amide bonds. The summed E-state index contributed by atoms with van der Waals surface area (Å²) < 4.78 is 29.9. The fourth-order valence-electron chi connectivity index (χ4n) is 4.53. The van der Waals surface area contributed by atoms with Crippen molar-refractivity contribution in [1.29, 1.82) is 0 Å². The van der Waals surface area contributed by atoms with Crippen molar-refractivity contribution in [2.45, 2.75) is 30.8 Å². The quantitative estimate of drug-likeness (QED) is 0.185. The topological polar surface area (TPSA) is 86.8 Å². The summed E-state index contributed by atoms with van der Waals surface area (Å²) in [6, 6.07) is 30.5. The molecule has 0 aliphatic heterocycles. The van der Waals surface area contributed by atoms with Gasteiger partial charge in [-0.15, -0.1) is 0 Å². The van der Waals surface area contributed by atoms with Crippen molar-refractivity contribution in [1.82, 2.24) is 10.2 Å². The van der Waals surface area contributed by atoms with Gasteiger partial charge in [0.2, 0.25) is 11.8 Å². The van der Waals surface area contributed by atoms with Crippen LogP contribution in [0.1, 0.15) is 18.1 Å². The molecule has 0 saturated carbocycles. The standard InChI is InChI=1S/C32H31ClIN3O4S/c1-2-35-32(39)30(21-24-10-5-3-6-11-24)36(22-25-12-9-13-26(33)20-25)31(38)23-37(28-18-16-27(34)17-19-28)42(40,41)29-14-7-4-8-15-29/h3-20,30H,2,21-23H2,1H3,(H,35,39). The number of halogens is 2. The van der Waals surface area contributed by atoms with Gasteiger partial charge in [0.15, 0.2) is 0 Å². The molecular weight excluding hydrogens is 685 g/mol. The molecule has 7 nitrogen and oxygen atoms in total. The van der Waals surface area contributed by atoms with Gasteiger partial charge in [0.25, 0.3) is 10.0 Å². The highest BCUT2D eigenvalue weighted by molar-refractivity contribution is 14.1. The van der Waals surface area contributed by atoms with Crippen molar-refractivity contribution in [3.63, 3.8) is 0 Å². The Kier molecular flexibility index (Phi) is 11.0. The van der Waals surface area contributed by atoms with E-state index in [-0.39, 0.29) is 23.8 Å². The lowest BCUT2D eigenvalue weighted by atomic mass is 10.0. The van der Waals surface area contributed by atoms with E-state index < -0.39 is 28.5 Å². The molecule has 218 valence electrons. The predicted octanol–water partition coefficient (Wildman–Crippen LogP) is 5.92. The molecule has 0 bridgehead atoms. The minimum Gasteiger partial charge on any atom is -0.355 e. The van der Waals surface area contributed by atoms with Crippen LogP contribution in [0.2, 0.25) is 5.02 Å². The number of sulfonamides is 1. The van der Waals surface area contributed by atoms with Gasteiger partial charge in [-0.1, -0.05) is 72.3 Å². The molecule has 42 heavy (non-hydrogen) atoms. The third-order valence-corrected chi connectivity index (χ3v) is 9.33. The maximum atomic E-state index is 14.3. The molecule has 1 unspecified atom stereocenters.